The smallest absolute Gasteiger partial charge is 0.0295 e. The average molecular weight is 323 g/mol. The maximum Gasteiger partial charge on any atom is -0.0295 e. The van der Waals surface area contributed by atoms with Crippen LogP contribution < -0.4 is 0 Å². The second-order valence-corrected chi connectivity index (χ2v) is 8.28. The van der Waals surface area contributed by atoms with Crippen molar-refractivity contribution in [1.82, 2.24) is 0 Å². The van der Waals surface area contributed by atoms with Crippen LogP contribution in [0.5, 0.6) is 0 Å². The Bertz CT molecular complexity index is 294. The van der Waals surface area contributed by atoms with Crippen LogP contribution in [-0.4, -0.2) is 0 Å². The summed E-state index contributed by atoms with van der Waals surface area (Å²) < 4.78 is 0. The van der Waals surface area contributed by atoms with E-state index in [0.29, 0.717) is 5.41 Å². The molecule has 3 aliphatic carbocycles. The molecule has 3 fully saturated rings. The fraction of sp³-hybridized carbons (Fsp3) is 1.00. The van der Waals surface area contributed by atoms with E-state index in [1.165, 1.54) is 38.5 Å². The van der Waals surface area contributed by atoms with Gasteiger partial charge in [-0.15, -0.1) is 0 Å². The molecule has 5 unspecified atom stereocenters. The zero-order chi connectivity index (χ0) is 17.3. The molecule has 0 aromatic carbocycles. The highest BCUT2D eigenvalue weighted by atomic mass is 14.5. The molecule has 23 heavy (non-hydrogen) atoms. The van der Waals surface area contributed by atoms with Crippen LogP contribution in [0.15, 0.2) is 0 Å². The van der Waals surface area contributed by atoms with Gasteiger partial charge in [-0.25, -0.2) is 0 Å². The highest BCUT2D eigenvalue weighted by molar-refractivity contribution is 4.95. The van der Waals surface area contributed by atoms with E-state index in [2.05, 4.69) is 13.8 Å². The van der Waals surface area contributed by atoms with Crippen molar-refractivity contribution >= 4 is 0 Å². The van der Waals surface area contributed by atoms with E-state index in [4.69, 9.17) is 0 Å². The standard InChI is InChI=1S/C19H34.2C2H6/c1-3-12-19(2)13-6-9-18(19)17-11-10-15-7-4-5-8-16(15)14-17;2*1-2/h15-18H,3-14H2,1-2H3;2*1-2H3. The van der Waals surface area contributed by atoms with E-state index < -0.39 is 0 Å². The van der Waals surface area contributed by atoms with E-state index in [9.17, 15) is 0 Å². The zero-order valence-electron chi connectivity index (χ0n) is 17.3. The van der Waals surface area contributed by atoms with Crippen molar-refractivity contribution < 1.29 is 0 Å². The van der Waals surface area contributed by atoms with Crippen molar-refractivity contribution in [3.05, 3.63) is 0 Å². The molecule has 0 amide bonds. The summed E-state index contributed by atoms with van der Waals surface area (Å²) in [6.07, 6.45) is 18.4. The summed E-state index contributed by atoms with van der Waals surface area (Å²) in [5.41, 5.74) is 0.709. The summed E-state index contributed by atoms with van der Waals surface area (Å²) in [6.45, 7) is 13.0. The summed E-state index contributed by atoms with van der Waals surface area (Å²) in [5, 5.41) is 0. The van der Waals surface area contributed by atoms with Gasteiger partial charge < -0.3 is 0 Å². The highest BCUT2D eigenvalue weighted by Crippen LogP contribution is 2.55. The van der Waals surface area contributed by atoms with Crippen LogP contribution in [-0.2, 0) is 0 Å². The van der Waals surface area contributed by atoms with Crippen LogP contribution in [0.2, 0.25) is 0 Å². The third-order valence-electron chi connectivity index (χ3n) is 7.13. The third kappa shape index (κ3) is 5.23. The number of rotatable bonds is 3. The van der Waals surface area contributed by atoms with Gasteiger partial charge in [0.05, 0.1) is 0 Å². The van der Waals surface area contributed by atoms with Crippen molar-refractivity contribution in [3.8, 4) is 0 Å². The van der Waals surface area contributed by atoms with E-state index in [1.807, 2.05) is 27.7 Å². The molecule has 0 aromatic rings. The van der Waals surface area contributed by atoms with Gasteiger partial charge in [0.1, 0.15) is 0 Å². The Morgan fingerprint density at radius 2 is 1.35 bits per heavy atom. The SMILES string of the molecule is CC.CC.CCCC1(C)CCCC1C1CCC2CCCCC2C1. The Morgan fingerprint density at radius 3 is 2.00 bits per heavy atom. The maximum absolute atomic E-state index is 2.63. The highest BCUT2D eigenvalue weighted by Gasteiger charge is 2.44. The minimum atomic E-state index is 0.709. The van der Waals surface area contributed by atoms with Gasteiger partial charge in [0.25, 0.3) is 0 Å². The first kappa shape index (κ1) is 21.0. The Morgan fingerprint density at radius 1 is 0.739 bits per heavy atom. The molecule has 138 valence electrons. The molecule has 3 rings (SSSR count). The quantitative estimate of drug-likeness (QED) is 0.490. The second kappa shape index (κ2) is 10.8. The first-order valence-electron chi connectivity index (χ1n) is 11.2. The maximum atomic E-state index is 2.63. The summed E-state index contributed by atoms with van der Waals surface area (Å²) in [4.78, 5) is 0. The molecule has 0 N–H and O–H groups in total. The Kier molecular flexibility index (Phi) is 9.86. The summed E-state index contributed by atoms with van der Waals surface area (Å²) >= 11 is 0. The summed E-state index contributed by atoms with van der Waals surface area (Å²) in [5.74, 6) is 4.43. The molecule has 0 radical (unpaired) electrons. The van der Waals surface area contributed by atoms with E-state index in [0.717, 1.165) is 23.7 Å². The van der Waals surface area contributed by atoms with Crippen LogP contribution >= 0.6 is 0 Å². The molecule has 3 saturated carbocycles. The predicted molar refractivity (Wildman–Crippen MR) is 106 cm³/mol. The average Bonchev–Trinajstić information content (AvgIpc) is 3.00. The normalized spacial score (nSPS) is 39.4. The fourth-order valence-corrected chi connectivity index (χ4v) is 6.22. The van der Waals surface area contributed by atoms with Crippen molar-refractivity contribution in [2.75, 3.05) is 0 Å². The summed E-state index contributed by atoms with van der Waals surface area (Å²) in [6, 6.07) is 0. The lowest BCUT2D eigenvalue weighted by Gasteiger charge is -2.45. The first-order valence-corrected chi connectivity index (χ1v) is 11.2. The molecule has 0 nitrogen and oxygen atoms in total. The lowest BCUT2D eigenvalue weighted by Crippen LogP contribution is -2.35. The van der Waals surface area contributed by atoms with Gasteiger partial charge in [0.2, 0.25) is 0 Å². The largest absolute Gasteiger partial charge is 0.0683 e. The molecule has 0 bridgehead atoms. The van der Waals surface area contributed by atoms with Gasteiger partial charge in [-0.05, 0) is 67.6 Å². The van der Waals surface area contributed by atoms with Gasteiger partial charge in [0.15, 0.2) is 0 Å². The molecule has 0 spiro atoms. The van der Waals surface area contributed by atoms with Crippen LogP contribution in [0.4, 0.5) is 0 Å². The minimum Gasteiger partial charge on any atom is -0.0683 e. The van der Waals surface area contributed by atoms with Crippen LogP contribution in [0.3, 0.4) is 0 Å². The molecular weight excluding hydrogens is 276 g/mol. The summed E-state index contributed by atoms with van der Waals surface area (Å²) in [7, 11) is 0. The topological polar surface area (TPSA) is 0 Å². The van der Waals surface area contributed by atoms with Gasteiger partial charge in [0, 0.05) is 0 Å². The van der Waals surface area contributed by atoms with E-state index in [-0.39, 0.29) is 0 Å². The molecule has 5 atom stereocenters. The number of fused-ring (bicyclic) bond motifs is 1. The van der Waals surface area contributed by atoms with Crippen LogP contribution in [0.1, 0.15) is 119 Å². The third-order valence-corrected chi connectivity index (χ3v) is 7.13. The lowest BCUT2D eigenvalue weighted by atomic mass is 9.60. The van der Waals surface area contributed by atoms with Crippen LogP contribution in [0.25, 0.3) is 0 Å². The molecule has 0 saturated heterocycles. The number of hydrogen-bond donors (Lipinski definition) is 0. The van der Waals surface area contributed by atoms with E-state index in [1.54, 1.807) is 38.5 Å². The monoisotopic (exact) mass is 322 g/mol. The Labute approximate surface area is 148 Å². The van der Waals surface area contributed by atoms with Gasteiger partial charge in [-0.3, -0.25) is 0 Å². The fourth-order valence-electron chi connectivity index (χ4n) is 6.22. The Balaban J connectivity index is 0.000000615. The Hall–Kier alpha value is 0. The molecule has 0 aromatic heterocycles. The molecule has 0 aliphatic heterocycles. The van der Waals surface area contributed by atoms with Crippen LogP contribution in [0, 0.1) is 29.1 Å². The van der Waals surface area contributed by atoms with E-state index >= 15 is 0 Å². The molecular formula is C23H46. The van der Waals surface area contributed by atoms with Crippen molar-refractivity contribution in [1.29, 1.82) is 0 Å². The van der Waals surface area contributed by atoms with Gasteiger partial charge in [-0.1, -0.05) is 80.1 Å². The van der Waals surface area contributed by atoms with Crippen molar-refractivity contribution in [2.24, 2.45) is 29.1 Å². The zero-order valence-corrected chi connectivity index (χ0v) is 17.3. The molecule has 0 heterocycles. The first-order chi connectivity index (χ1) is 11.2. The lowest BCUT2D eigenvalue weighted by molar-refractivity contribution is 0.0531. The van der Waals surface area contributed by atoms with Gasteiger partial charge >= 0.3 is 0 Å². The predicted octanol–water partition coefficient (Wildman–Crippen LogP) is 8.25. The molecule has 3 aliphatic rings. The number of hydrogen-bond acceptors (Lipinski definition) is 0. The van der Waals surface area contributed by atoms with Crippen molar-refractivity contribution in [3.63, 3.8) is 0 Å². The molecule has 0 heteroatoms. The minimum absolute atomic E-state index is 0.709. The van der Waals surface area contributed by atoms with Gasteiger partial charge in [-0.2, -0.15) is 0 Å². The second-order valence-electron chi connectivity index (χ2n) is 8.28. The van der Waals surface area contributed by atoms with Crippen molar-refractivity contribution in [2.45, 2.75) is 119 Å².